The van der Waals surface area contributed by atoms with Crippen LogP contribution in [0.3, 0.4) is 0 Å². The Morgan fingerprint density at radius 1 is 0.265 bits per heavy atom. The van der Waals surface area contributed by atoms with Crippen LogP contribution in [0, 0.1) is 48.5 Å². The first kappa shape index (κ1) is 103. The lowest BCUT2D eigenvalue weighted by Crippen LogP contribution is -2.47. The number of aryl methyl sites for hydroxylation is 7. The molecule has 5 amide bonds. The summed E-state index contributed by atoms with van der Waals surface area (Å²) in [5.74, 6) is -5.29. The number of nitrogens with zero attached hydrogens (tertiary/aromatic N) is 15. The standard InChI is InChI=1S/C25H27N3O3.C24H25N3O3.C23H23N3O3.C22H20ClN3O3.C22H21N3O3/c1-4-11-27-15-20(28-23(25(27)31)24(30)21(29)14-26-28)22(18-9-5-7-16(2)12-18)19-10-6-8-17(3)13-19;1-4-26-14-19(27-22(24(26)30)23(29)20(28)13-25-27)21(17-9-5-7-15(2)11-17)18-10-6-8-16(3)12-18;1-3-25-14-18(26-21(23(25)29)22(28)19(27)13-24-26)20(16-9-5-4-6-10-16)17-11-7-8-15(2)12-17;1-13-5-3-6-14(9-13)19(15-7-4-8-16(23)10-15)17-12-25(2)22(29)20-21(28)18(27)11-24-26(17)20;1-14-8-10-16(11-9-14)19(15-6-4-3-5-7-15)17-13-24(2)22(28)20-21(27)18(26)12-23-25(17)20/h5-10,12-14,20,22,30H,4,11,15H2,1-3H3;5-13,19,21,29H,4,14H2,1-3H3;4-13,18,20,28H,3,14H2,1-2H3;3-11,17,19,28H,12H2,1-2H3;3-12,17,19,27H,13H2,1-2H3. The minimum Gasteiger partial charge on any atom is -0.502 e. The predicted molar refractivity (Wildman–Crippen MR) is 561 cm³/mol. The number of amides is 5. The van der Waals surface area contributed by atoms with Crippen molar-refractivity contribution in [1.29, 1.82) is 0 Å². The average molecular weight is 2000 g/mol. The molecule has 8 atom stereocenters. The summed E-state index contributed by atoms with van der Waals surface area (Å²) in [5.41, 5.74) is 15.2. The summed E-state index contributed by atoms with van der Waals surface area (Å²) < 4.78 is 7.62. The van der Waals surface area contributed by atoms with Gasteiger partial charge < -0.3 is 50.0 Å². The van der Waals surface area contributed by atoms with Gasteiger partial charge in [-0.25, -0.2) is 0 Å². The van der Waals surface area contributed by atoms with E-state index >= 15 is 0 Å². The first-order chi connectivity index (χ1) is 70.6. The molecule has 752 valence electrons. The lowest BCUT2D eigenvalue weighted by atomic mass is 9.82. The smallest absolute Gasteiger partial charge is 0.276 e. The van der Waals surface area contributed by atoms with E-state index in [0.29, 0.717) is 57.4 Å². The van der Waals surface area contributed by atoms with Gasteiger partial charge >= 0.3 is 0 Å². The van der Waals surface area contributed by atoms with Gasteiger partial charge in [-0.1, -0.05) is 300 Å². The van der Waals surface area contributed by atoms with E-state index in [1.54, 1.807) is 38.2 Å². The fraction of sp³-hybridized carbons (Fsp3) is 0.267. The second-order valence-electron chi connectivity index (χ2n) is 38.1. The van der Waals surface area contributed by atoms with Crippen molar-refractivity contribution < 1.29 is 49.5 Å². The van der Waals surface area contributed by atoms with Gasteiger partial charge in [-0.15, -0.1) is 0 Å². The second kappa shape index (κ2) is 44.6. The normalized spacial score (nSPS) is 16.7. The Labute approximate surface area is 854 Å². The highest BCUT2D eigenvalue weighted by molar-refractivity contribution is 6.30. The van der Waals surface area contributed by atoms with Crippen LogP contribution >= 0.6 is 11.6 Å². The third-order valence-electron chi connectivity index (χ3n) is 27.8. The molecule has 0 spiro atoms. The van der Waals surface area contributed by atoms with E-state index in [-0.39, 0.29) is 106 Å². The molecular weight excluding hydrogens is 1880 g/mol. The largest absolute Gasteiger partial charge is 0.502 e. The maximum Gasteiger partial charge on any atom is 0.276 e. The number of likely N-dealkylation sites (N-methyl/N-ethyl adjacent to an activating group) is 4. The van der Waals surface area contributed by atoms with E-state index in [2.05, 4.69) is 181 Å². The number of aromatic hydroxyl groups is 5. The van der Waals surface area contributed by atoms with Gasteiger partial charge in [0.2, 0.25) is 27.1 Å². The lowest BCUT2D eigenvalue weighted by molar-refractivity contribution is 0.0629. The number of carbonyl (C=O) groups excluding carboxylic acids is 5. The molecule has 0 saturated carbocycles. The Kier molecular flexibility index (Phi) is 31.3. The summed E-state index contributed by atoms with van der Waals surface area (Å²) in [6.45, 7) is 23.7. The highest BCUT2D eigenvalue weighted by Gasteiger charge is 2.46. The van der Waals surface area contributed by atoms with E-state index in [4.69, 9.17) is 11.6 Å². The Hall–Kier alpha value is -16.8. The molecule has 0 radical (unpaired) electrons. The molecule has 10 aromatic carbocycles. The minimum absolute atomic E-state index is 0.0255. The minimum atomic E-state index is -0.673. The number of aromatic nitrogens is 10. The maximum atomic E-state index is 13.1. The van der Waals surface area contributed by atoms with E-state index in [1.165, 1.54) is 23.8 Å². The SMILES string of the molecule is CCCN1CC(C(c2cccc(C)c2)c2cccc(C)c2)n2ncc(=O)c(O)c2C1=O.CCN1CC(C(c2cccc(C)c2)c2cccc(C)c2)n2ncc(=O)c(O)c2C1=O.CCN1CC(C(c2ccccc2)c2cccc(C)c2)n2ncc(=O)c(O)c2C1=O.Cc1ccc(C(c2ccccc2)C2CN(C)C(=O)c3c(O)c(=O)cnn32)cc1.Cc1cccc(C(c2cccc(Cl)c2)C2CN(C)C(=O)c3c(O)c(=O)cnn32)c1. The van der Waals surface area contributed by atoms with Crippen LogP contribution in [0.5, 0.6) is 28.7 Å². The number of hydrogen-bond acceptors (Lipinski definition) is 20. The Balaban J connectivity index is 0.000000131. The summed E-state index contributed by atoms with van der Waals surface area (Å²) in [7, 11) is 3.33. The molecule has 0 aliphatic carbocycles. The van der Waals surface area contributed by atoms with Crippen LogP contribution in [0.2, 0.25) is 5.02 Å². The van der Waals surface area contributed by atoms with Crippen LogP contribution in [-0.4, -0.2) is 195 Å². The zero-order valence-corrected chi connectivity index (χ0v) is 84.4. The van der Waals surface area contributed by atoms with Gasteiger partial charge in [-0.2, -0.15) is 25.5 Å². The summed E-state index contributed by atoms with van der Waals surface area (Å²) >= 11 is 6.28. The topological polar surface area (TPSA) is 377 Å². The van der Waals surface area contributed by atoms with Crippen molar-refractivity contribution in [3.05, 3.63) is 465 Å². The summed E-state index contributed by atoms with van der Waals surface area (Å²) in [5, 5.41) is 73.9. The van der Waals surface area contributed by atoms with E-state index in [1.807, 2.05) is 169 Å². The molecule has 30 nitrogen and oxygen atoms in total. The molecule has 5 aliphatic rings. The lowest BCUT2D eigenvalue weighted by Gasteiger charge is -2.39. The van der Waals surface area contributed by atoms with E-state index < -0.39 is 67.7 Å². The summed E-state index contributed by atoms with van der Waals surface area (Å²) in [4.78, 5) is 132. The van der Waals surface area contributed by atoms with E-state index in [9.17, 15) is 73.5 Å². The molecule has 147 heavy (non-hydrogen) atoms. The number of hydrogen-bond donors (Lipinski definition) is 5. The summed E-state index contributed by atoms with van der Waals surface area (Å²) in [6, 6.07) is 84.1. The van der Waals surface area contributed by atoms with Crippen LogP contribution in [0.25, 0.3) is 0 Å². The highest BCUT2D eigenvalue weighted by atomic mass is 35.5. The molecule has 8 unspecified atom stereocenters. The number of benzene rings is 10. The first-order valence-electron chi connectivity index (χ1n) is 48.9. The molecule has 5 aliphatic heterocycles. The van der Waals surface area contributed by atoms with Gasteiger partial charge in [0, 0.05) is 101 Å². The monoisotopic (exact) mass is 1990 g/mol. The van der Waals surface area contributed by atoms with Crippen LogP contribution in [-0.2, 0) is 0 Å². The first-order valence-corrected chi connectivity index (χ1v) is 49.3. The molecule has 31 heteroatoms. The molecule has 0 fully saturated rings. The Bertz CT molecular complexity index is 7670. The third kappa shape index (κ3) is 21.6. The molecule has 10 heterocycles. The van der Waals surface area contributed by atoms with Crippen molar-refractivity contribution in [2.24, 2.45) is 0 Å². The van der Waals surface area contributed by atoms with Gasteiger partial charge in [-0.05, 0) is 137 Å². The third-order valence-corrected chi connectivity index (χ3v) is 28.0. The number of fused-ring (bicyclic) bond motifs is 5. The van der Waals surface area contributed by atoms with Crippen LogP contribution in [0.15, 0.2) is 310 Å². The van der Waals surface area contributed by atoms with Crippen molar-refractivity contribution >= 4 is 41.1 Å². The fourth-order valence-corrected chi connectivity index (χ4v) is 21.0. The van der Waals surface area contributed by atoms with Gasteiger partial charge in [0.25, 0.3) is 29.5 Å². The Morgan fingerprint density at radius 2 is 0.490 bits per heavy atom. The quantitative estimate of drug-likeness (QED) is 0.0502. The Morgan fingerprint density at radius 3 is 0.755 bits per heavy atom. The van der Waals surface area contributed by atoms with Crippen LogP contribution in [0.4, 0.5) is 0 Å². The van der Waals surface area contributed by atoms with Crippen molar-refractivity contribution in [3.63, 3.8) is 0 Å². The van der Waals surface area contributed by atoms with Crippen molar-refractivity contribution in [2.45, 2.75) is 135 Å². The summed E-state index contributed by atoms with van der Waals surface area (Å²) in [6.07, 6.45) is 6.17. The molecule has 5 N–H and O–H groups in total. The van der Waals surface area contributed by atoms with Gasteiger partial charge in [-0.3, -0.25) is 71.4 Å². The molecule has 0 bridgehead atoms. The molecular formula is C116H116ClN15O15. The molecule has 15 aromatic rings. The number of carbonyl (C=O) groups is 5. The van der Waals surface area contributed by atoms with Crippen LogP contribution in [0.1, 0.15) is 234 Å². The zero-order valence-electron chi connectivity index (χ0n) is 83.7. The zero-order chi connectivity index (χ0) is 105. The second-order valence-corrected chi connectivity index (χ2v) is 38.5. The number of halogens is 1. The van der Waals surface area contributed by atoms with Crippen molar-refractivity contribution in [2.75, 3.05) is 66.5 Å². The van der Waals surface area contributed by atoms with Gasteiger partial charge in [0.15, 0.2) is 57.2 Å². The van der Waals surface area contributed by atoms with E-state index in [0.717, 1.165) is 132 Å². The number of rotatable bonds is 19. The van der Waals surface area contributed by atoms with Gasteiger partial charge in [0.05, 0.1) is 61.2 Å². The maximum absolute atomic E-state index is 13.1. The highest BCUT2D eigenvalue weighted by Crippen LogP contribution is 2.47. The average Bonchev–Trinajstić information content (AvgIpc) is 0.452. The van der Waals surface area contributed by atoms with Crippen LogP contribution < -0.4 is 27.1 Å². The van der Waals surface area contributed by atoms with Gasteiger partial charge in [0.1, 0.15) is 0 Å². The molecule has 5 aromatic heterocycles. The molecule has 20 rings (SSSR count). The fourth-order valence-electron chi connectivity index (χ4n) is 20.8. The predicted octanol–water partition coefficient (Wildman–Crippen LogP) is 16.4. The molecule has 0 saturated heterocycles. The van der Waals surface area contributed by atoms with Crippen molar-refractivity contribution in [1.82, 2.24) is 73.4 Å². The van der Waals surface area contributed by atoms with Crippen molar-refractivity contribution in [3.8, 4) is 28.7 Å².